The number of carbonyl (C=O) groups is 1. The van der Waals surface area contributed by atoms with E-state index in [2.05, 4.69) is 20.9 Å². The number of hydrogen-bond donors (Lipinski definition) is 0. The lowest BCUT2D eigenvalue weighted by Crippen LogP contribution is -2.50. The van der Waals surface area contributed by atoms with Crippen LogP contribution in [0.15, 0.2) is 41.2 Å². The molecular formula is C23H29N7O2. The van der Waals surface area contributed by atoms with Crippen molar-refractivity contribution in [3.63, 3.8) is 0 Å². The molecule has 3 unspecified atom stereocenters. The number of rotatable bonds is 3. The van der Waals surface area contributed by atoms with Crippen molar-refractivity contribution in [1.29, 1.82) is 5.26 Å². The lowest BCUT2D eigenvalue weighted by Gasteiger charge is -2.38. The molecule has 0 N–H and O–H groups in total. The number of carbonyl (C=O) groups excluding carboxylic acids is 1. The van der Waals surface area contributed by atoms with Crippen LogP contribution in [0.1, 0.15) is 45.5 Å². The minimum Gasteiger partial charge on any atom is -0.444 e. The van der Waals surface area contributed by atoms with Gasteiger partial charge in [0.1, 0.15) is 29.7 Å². The topological polar surface area (TPSA) is 98.0 Å². The molecule has 4 rings (SSSR count). The first-order valence-electron chi connectivity index (χ1n) is 10.9. The summed E-state index contributed by atoms with van der Waals surface area (Å²) in [6.07, 6.45) is 10.5. The number of ether oxygens (including phenoxy) is 1. The molecule has 1 aromatic rings. The van der Waals surface area contributed by atoms with E-state index in [-0.39, 0.29) is 24.3 Å². The fourth-order valence-corrected chi connectivity index (χ4v) is 4.11. The standard InChI is InChI=1S/C23H29N7O2/c1-23(2,3)32-22(31)29-11-5-6-17(15-29)28(4)20-9-10-25-21(27-20)18-13-26-19-8-7-16(12-24)14-30(18)19/h7-10,13-14,17-19H,5-6,11,15H2,1-4H3. The maximum Gasteiger partial charge on any atom is 0.410 e. The minimum atomic E-state index is -0.512. The summed E-state index contributed by atoms with van der Waals surface area (Å²) >= 11 is 0. The SMILES string of the molecule is CN(c1ccnc(C2C=NC3C=CC(C#N)=CN32)n1)C1CCCN(C(=O)OC(C)(C)C)C1. The number of aromatic nitrogens is 2. The second-order valence-corrected chi connectivity index (χ2v) is 9.27. The summed E-state index contributed by atoms with van der Waals surface area (Å²) in [5.41, 5.74) is 0.0660. The Morgan fingerprint density at radius 3 is 2.94 bits per heavy atom. The fourth-order valence-electron chi connectivity index (χ4n) is 4.11. The summed E-state index contributed by atoms with van der Waals surface area (Å²) in [5.74, 6) is 1.42. The lowest BCUT2D eigenvalue weighted by molar-refractivity contribution is 0.0199. The van der Waals surface area contributed by atoms with Gasteiger partial charge in [-0.05, 0) is 51.8 Å². The van der Waals surface area contributed by atoms with E-state index in [1.165, 1.54) is 0 Å². The summed E-state index contributed by atoms with van der Waals surface area (Å²) < 4.78 is 5.55. The summed E-state index contributed by atoms with van der Waals surface area (Å²) in [4.78, 5) is 32.2. The molecule has 0 bridgehead atoms. The van der Waals surface area contributed by atoms with Crippen LogP contribution in [0.2, 0.25) is 0 Å². The van der Waals surface area contributed by atoms with Crippen LogP contribution in [0.4, 0.5) is 10.6 Å². The van der Waals surface area contributed by atoms with Crippen molar-refractivity contribution in [2.45, 2.75) is 57.5 Å². The first-order valence-corrected chi connectivity index (χ1v) is 10.9. The molecule has 1 aromatic heterocycles. The number of anilines is 1. The van der Waals surface area contributed by atoms with Gasteiger partial charge in [0.2, 0.25) is 0 Å². The largest absolute Gasteiger partial charge is 0.444 e. The third kappa shape index (κ3) is 4.59. The molecule has 0 aromatic carbocycles. The Morgan fingerprint density at radius 1 is 1.38 bits per heavy atom. The Bertz CT molecular complexity index is 1000. The molecule has 9 heteroatoms. The van der Waals surface area contributed by atoms with Gasteiger partial charge in [-0.1, -0.05) is 0 Å². The van der Waals surface area contributed by atoms with Crippen molar-refractivity contribution in [3.8, 4) is 6.07 Å². The molecule has 1 saturated heterocycles. The highest BCUT2D eigenvalue weighted by atomic mass is 16.6. The quantitative estimate of drug-likeness (QED) is 0.720. The van der Waals surface area contributed by atoms with Gasteiger partial charge >= 0.3 is 6.09 Å². The van der Waals surface area contributed by atoms with E-state index in [0.717, 1.165) is 18.7 Å². The lowest BCUT2D eigenvalue weighted by atomic mass is 10.0. The summed E-state index contributed by atoms with van der Waals surface area (Å²) in [6.45, 7) is 6.92. The molecule has 4 heterocycles. The van der Waals surface area contributed by atoms with Crippen molar-refractivity contribution in [1.82, 2.24) is 19.8 Å². The molecule has 1 fully saturated rings. The number of likely N-dealkylation sites (N-methyl/N-ethyl adjacent to an activating group) is 1. The van der Waals surface area contributed by atoms with Crippen LogP contribution >= 0.6 is 0 Å². The second kappa shape index (κ2) is 8.61. The van der Waals surface area contributed by atoms with E-state index in [4.69, 9.17) is 9.72 Å². The Balaban J connectivity index is 1.48. The van der Waals surface area contributed by atoms with Crippen LogP contribution in [0.25, 0.3) is 0 Å². The number of likely N-dealkylation sites (tertiary alicyclic amines) is 1. The van der Waals surface area contributed by atoms with Crippen molar-refractivity contribution in [3.05, 3.63) is 42.0 Å². The van der Waals surface area contributed by atoms with Gasteiger partial charge in [0.25, 0.3) is 0 Å². The first kappa shape index (κ1) is 21.8. The second-order valence-electron chi connectivity index (χ2n) is 9.27. The van der Waals surface area contributed by atoms with Gasteiger partial charge in [-0.2, -0.15) is 5.26 Å². The number of allylic oxidation sites excluding steroid dienone is 2. The molecule has 168 valence electrons. The van der Waals surface area contributed by atoms with Crippen molar-refractivity contribution in [2.24, 2.45) is 4.99 Å². The zero-order valence-electron chi connectivity index (χ0n) is 19.0. The Hall–Kier alpha value is -3.41. The summed E-state index contributed by atoms with van der Waals surface area (Å²) in [7, 11) is 2.00. The third-order valence-electron chi connectivity index (χ3n) is 5.75. The van der Waals surface area contributed by atoms with E-state index in [1.807, 2.05) is 57.3 Å². The number of fused-ring (bicyclic) bond motifs is 1. The Morgan fingerprint density at radius 2 is 2.19 bits per heavy atom. The predicted molar refractivity (Wildman–Crippen MR) is 121 cm³/mol. The monoisotopic (exact) mass is 435 g/mol. The van der Waals surface area contributed by atoms with Gasteiger partial charge in [0.05, 0.1) is 5.57 Å². The number of aliphatic imine (C=N–C) groups is 1. The van der Waals surface area contributed by atoms with Crippen LogP contribution in [0.5, 0.6) is 0 Å². The predicted octanol–water partition coefficient (Wildman–Crippen LogP) is 3.04. The van der Waals surface area contributed by atoms with E-state index in [1.54, 1.807) is 17.2 Å². The fraction of sp³-hybridized carbons (Fsp3) is 0.522. The van der Waals surface area contributed by atoms with Crippen molar-refractivity contribution in [2.75, 3.05) is 25.0 Å². The minimum absolute atomic E-state index is 0.131. The number of nitriles is 1. The molecule has 32 heavy (non-hydrogen) atoms. The maximum atomic E-state index is 12.5. The summed E-state index contributed by atoms with van der Waals surface area (Å²) in [5, 5.41) is 9.24. The first-order chi connectivity index (χ1) is 15.2. The molecule has 1 amide bonds. The molecule has 0 aliphatic carbocycles. The number of nitrogens with zero attached hydrogens (tertiary/aromatic N) is 7. The molecular weight excluding hydrogens is 406 g/mol. The number of amides is 1. The molecule has 0 saturated carbocycles. The van der Waals surface area contributed by atoms with Gasteiger partial charge in [-0.3, -0.25) is 4.99 Å². The molecule has 0 spiro atoms. The average Bonchev–Trinajstić information content (AvgIpc) is 3.21. The van der Waals surface area contributed by atoms with E-state index >= 15 is 0 Å². The normalized spacial score (nSPS) is 24.6. The summed E-state index contributed by atoms with van der Waals surface area (Å²) in [6, 6.07) is 3.96. The van der Waals surface area contributed by atoms with Gasteiger partial charge < -0.3 is 19.4 Å². The van der Waals surface area contributed by atoms with Crippen molar-refractivity contribution < 1.29 is 9.53 Å². The highest BCUT2D eigenvalue weighted by Gasteiger charge is 2.33. The number of piperidine rings is 1. The molecule has 0 radical (unpaired) electrons. The molecule has 3 atom stereocenters. The van der Waals surface area contributed by atoms with Crippen LogP contribution in [0, 0.1) is 11.3 Å². The zero-order chi connectivity index (χ0) is 22.9. The van der Waals surface area contributed by atoms with Crippen molar-refractivity contribution >= 4 is 18.1 Å². The Labute approximate surface area is 188 Å². The Kier molecular flexibility index (Phi) is 5.87. The van der Waals surface area contributed by atoms with Gasteiger partial charge in [-0.25, -0.2) is 14.8 Å². The van der Waals surface area contributed by atoms with Gasteiger partial charge in [-0.15, -0.1) is 0 Å². The molecule has 3 aliphatic rings. The smallest absolute Gasteiger partial charge is 0.410 e. The van der Waals surface area contributed by atoms with Crippen LogP contribution in [0.3, 0.4) is 0 Å². The molecule has 3 aliphatic heterocycles. The van der Waals surface area contributed by atoms with E-state index in [9.17, 15) is 10.1 Å². The van der Waals surface area contributed by atoms with Gasteiger partial charge in [0, 0.05) is 44.8 Å². The van der Waals surface area contributed by atoms with Crippen LogP contribution in [-0.4, -0.2) is 70.0 Å². The highest BCUT2D eigenvalue weighted by molar-refractivity contribution is 5.70. The van der Waals surface area contributed by atoms with Crippen LogP contribution in [-0.2, 0) is 4.74 Å². The van der Waals surface area contributed by atoms with E-state index < -0.39 is 5.60 Å². The zero-order valence-corrected chi connectivity index (χ0v) is 19.0. The molecule has 9 nitrogen and oxygen atoms in total. The third-order valence-corrected chi connectivity index (χ3v) is 5.75. The van der Waals surface area contributed by atoms with Gasteiger partial charge in [0.15, 0.2) is 5.82 Å². The average molecular weight is 436 g/mol. The highest BCUT2D eigenvalue weighted by Crippen LogP contribution is 2.30. The maximum absolute atomic E-state index is 12.5. The number of hydrogen-bond acceptors (Lipinski definition) is 8. The van der Waals surface area contributed by atoms with Crippen LogP contribution < -0.4 is 4.90 Å². The van der Waals surface area contributed by atoms with E-state index in [0.29, 0.717) is 24.5 Å².